The fourth-order valence-corrected chi connectivity index (χ4v) is 2.40. The molecule has 1 atom stereocenters. The van der Waals surface area contributed by atoms with Crippen LogP contribution >= 0.6 is 0 Å². The number of carbonyl (C=O) groups excluding carboxylic acids is 2. The second kappa shape index (κ2) is 6.03. The van der Waals surface area contributed by atoms with E-state index in [1.807, 2.05) is 19.1 Å². The molecule has 0 radical (unpaired) electrons. The van der Waals surface area contributed by atoms with Crippen molar-refractivity contribution in [2.45, 2.75) is 27.2 Å². The van der Waals surface area contributed by atoms with E-state index in [1.165, 1.54) is 0 Å². The van der Waals surface area contributed by atoms with Gasteiger partial charge < -0.3 is 10.2 Å². The van der Waals surface area contributed by atoms with E-state index in [0.29, 0.717) is 31.2 Å². The van der Waals surface area contributed by atoms with Crippen LogP contribution in [0, 0.1) is 18.8 Å². The predicted octanol–water partition coefficient (Wildman–Crippen LogP) is 1.83. The summed E-state index contributed by atoms with van der Waals surface area (Å²) in [5.74, 6) is 0.664. The highest BCUT2D eigenvalue weighted by molar-refractivity contribution is 5.97. The zero-order chi connectivity index (χ0) is 14.7. The quantitative estimate of drug-likeness (QED) is 0.912. The lowest BCUT2D eigenvalue weighted by atomic mass is 10.1. The van der Waals surface area contributed by atoms with Crippen molar-refractivity contribution >= 4 is 17.6 Å². The number of nitrogens with one attached hydrogen (secondary N) is 1. The highest BCUT2D eigenvalue weighted by Gasteiger charge is 2.34. The molecule has 1 aliphatic heterocycles. The number of aromatic nitrogens is 1. The zero-order valence-electron chi connectivity index (χ0n) is 12.2. The van der Waals surface area contributed by atoms with Crippen molar-refractivity contribution in [2.24, 2.45) is 11.8 Å². The number of hydrogen-bond donors (Lipinski definition) is 1. The van der Waals surface area contributed by atoms with Crippen LogP contribution in [0.2, 0.25) is 0 Å². The number of anilines is 1. The number of pyridine rings is 1. The number of carbonyl (C=O) groups is 2. The summed E-state index contributed by atoms with van der Waals surface area (Å²) in [7, 11) is 0. The minimum atomic E-state index is -0.275. The maximum atomic E-state index is 12.2. The van der Waals surface area contributed by atoms with Gasteiger partial charge in [-0.05, 0) is 24.5 Å². The van der Waals surface area contributed by atoms with E-state index in [9.17, 15) is 9.59 Å². The molecule has 2 rings (SSSR count). The van der Waals surface area contributed by atoms with Gasteiger partial charge in [0.05, 0.1) is 5.92 Å². The third-order valence-electron chi connectivity index (χ3n) is 3.42. The average molecular weight is 275 g/mol. The van der Waals surface area contributed by atoms with Gasteiger partial charge in [-0.3, -0.25) is 9.59 Å². The van der Waals surface area contributed by atoms with Gasteiger partial charge in [-0.1, -0.05) is 19.9 Å². The first-order chi connectivity index (χ1) is 9.47. The molecule has 0 saturated carbocycles. The van der Waals surface area contributed by atoms with E-state index in [0.717, 1.165) is 5.56 Å². The first-order valence-corrected chi connectivity index (χ1v) is 6.97. The van der Waals surface area contributed by atoms with E-state index in [4.69, 9.17) is 0 Å². The molecular weight excluding hydrogens is 254 g/mol. The molecule has 1 N–H and O–H groups in total. The van der Waals surface area contributed by atoms with Crippen molar-refractivity contribution in [2.75, 3.05) is 18.4 Å². The molecule has 1 fully saturated rings. The van der Waals surface area contributed by atoms with Gasteiger partial charge in [0, 0.05) is 25.7 Å². The van der Waals surface area contributed by atoms with Crippen LogP contribution in [0.5, 0.6) is 0 Å². The Morgan fingerprint density at radius 2 is 2.30 bits per heavy atom. The zero-order valence-corrected chi connectivity index (χ0v) is 12.2. The SMILES string of the molecule is Cc1cccnc1NC(=O)C1CC(=O)N(CC(C)C)C1. The van der Waals surface area contributed by atoms with E-state index in [2.05, 4.69) is 24.1 Å². The van der Waals surface area contributed by atoms with Crippen molar-refractivity contribution in [3.8, 4) is 0 Å². The lowest BCUT2D eigenvalue weighted by Gasteiger charge is -2.18. The van der Waals surface area contributed by atoms with Crippen molar-refractivity contribution in [3.63, 3.8) is 0 Å². The van der Waals surface area contributed by atoms with E-state index < -0.39 is 0 Å². The molecule has 2 amide bonds. The molecule has 108 valence electrons. The van der Waals surface area contributed by atoms with Gasteiger partial charge in [-0.15, -0.1) is 0 Å². The van der Waals surface area contributed by atoms with Gasteiger partial charge >= 0.3 is 0 Å². The van der Waals surface area contributed by atoms with Crippen LogP contribution in [0.3, 0.4) is 0 Å². The second-order valence-electron chi connectivity index (χ2n) is 5.75. The summed E-state index contributed by atoms with van der Waals surface area (Å²) in [4.78, 5) is 30.0. The van der Waals surface area contributed by atoms with Crippen LogP contribution in [0.15, 0.2) is 18.3 Å². The van der Waals surface area contributed by atoms with Crippen LogP contribution in [0.1, 0.15) is 25.8 Å². The summed E-state index contributed by atoms with van der Waals surface area (Å²) in [5.41, 5.74) is 0.921. The number of likely N-dealkylation sites (tertiary alicyclic amines) is 1. The first-order valence-electron chi connectivity index (χ1n) is 6.97. The summed E-state index contributed by atoms with van der Waals surface area (Å²) < 4.78 is 0. The second-order valence-corrected chi connectivity index (χ2v) is 5.75. The molecule has 1 aromatic rings. The first kappa shape index (κ1) is 14.5. The van der Waals surface area contributed by atoms with E-state index >= 15 is 0 Å². The molecule has 1 saturated heterocycles. The molecule has 1 aliphatic rings. The number of aryl methyl sites for hydroxylation is 1. The molecule has 0 aliphatic carbocycles. The minimum absolute atomic E-state index is 0.0663. The molecule has 0 aromatic carbocycles. The monoisotopic (exact) mass is 275 g/mol. The van der Waals surface area contributed by atoms with E-state index in [-0.39, 0.29) is 17.7 Å². The maximum absolute atomic E-state index is 12.2. The molecule has 5 nitrogen and oxygen atoms in total. The Hall–Kier alpha value is -1.91. The largest absolute Gasteiger partial charge is 0.342 e. The van der Waals surface area contributed by atoms with Gasteiger partial charge in [0.25, 0.3) is 0 Å². The van der Waals surface area contributed by atoms with Crippen molar-refractivity contribution in [1.82, 2.24) is 9.88 Å². The summed E-state index contributed by atoms with van der Waals surface area (Å²) in [6.45, 7) is 7.25. The molecule has 1 unspecified atom stereocenters. The highest BCUT2D eigenvalue weighted by atomic mass is 16.2. The fraction of sp³-hybridized carbons (Fsp3) is 0.533. The average Bonchev–Trinajstić information content (AvgIpc) is 2.73. The Morgan fingerprint density at radius 1 is 1.55 bits per heavy atom. The molecule has 20 heavy (non-hydrogen) atoms. The normalized spacial score (nSPS) is 18.7. The topological polar surface area (TPSA) is 62.3 Å². The number of hydrogen-bond acceptors (Lipinski definition) is 3. The Labute approximate surface area is 119 Å². The van der Waals surface area contributed by atoms with Crippen LogP contribution in [-0.4, -0.2) is 34.8 Å². The summed E-state index contributed by atoms with van der Waals surface area (Å²) >= 11 is 0. The summed E-state index contributed by atoms with van der Waals surface area (Å²) in [5, 5.41) is 2.82. The van der Waals surface area contributed by atoms with Crippen LogP contribution in [0.25, 0.3) is 0 Å². The minimum Gasteiger partial charge on any atom is -0.342 e. The molecule has 0 spiro atoms. The van der Waals surface area contributed by atoms with Gasteiger partial charge in [0.2, 0.25) is 11.8 Å². The lowest BCUT2D eigenvalue weighted by Crippen LogP contribution is -2.31. The molecule has 2 heterocycles. The number of amides is 2. The highest BCUT2D eigenvalue weighted by Crippen LogP contribution is 2.21. The third kappa shape index (κ3) is 3.35. The van der Waals surface area contributed by atoms with Crippen molar-refractivity contribution in [3.05, 3.63) is 23.9 Å². The maximum Gasteiger partial charge on any atom is 0.230 e. The van der Waals surface area contributed by atoms with E-state index in [1.54, 1.807) is 11.1 Å². The Bertz CT molecular complexity index is 514. The number of nitrogens with zero attached hydrogens (tertiary/aromatic N) is 2. The number of rotatable bonds is 4. The molecule has 5 heteroatoms. The van der Waals surface area contributed by atoms with Crippen LogP contribution in [-0.2, 0) is 9.59 Å². The van der Waals surface area contributed by atoms with Crippen LogP contribution < -0.4 is 5.32 Å². The van der Waals surface area contributed by atoms with Crippen molar-refractivity contribution < 1.29 is 9.59 Å². The molecule has 0 bridgehead atoms. The van der Waals surface area contributed by atoms with Gasteiger partial charge in [0.1, 0.15) is 5.82 Å². The fourth-order valence-electron chi connectivity index (χ4n) is 2.40. The Balaban J connectivity index is 1.98. The predicted molar refractivity (Wildman–Crippen MR) is 77.1 cm³/mol. The van der Waals surface area contributed by atoms with Crippen molar-refractivity contribution in [1.29, 1.82) is 0 Å². The standard InChI is InChI=1S/C15H21N3O2/c1-10(2)8-18-9-12(7-13(18)19)15(20)17-14-11(3)5-4-6-16-14/h4-6,10,12H,7-9H2,1-3H3,(H,16,17,20). The smallest absolute Gasteiger partial charge is 0.230 e. The lowest BCUT2D eigenvalue weighted by molar-refractivity contribution is -0.128. The Morgan fingerprint density at radius 3 is 2.95 bits per heavy atom. The van der Waals surface area contributed by atoms with Gasteiger partial charge in [0.15, 0.2) is 0 Å². The molecular formula is C15H21N3O2. The van der Waals surface area contributed by atoms with Gasteiger partial charge in [-0.25, -0.2) is 4.98 Å². The molecule has 1 aromatic heterocycles. The van der Waals surface area contributed by atoms with Crippen LogP contribution in [0.4, 0.5) is 5.82 Å². The Kier molecular flexibility index (Phi) is 4.37. The third-order valence-corrected chi connectivity index (χ3v) is 3.42. The summed E-state index contributed by atoms with van der Waals surface area (Å²) in [6.07, 6.45) is 1.94. The summed E-state index contributed by atoms with van der Waals surface area (Å²) in [6, 6.07) is 3.72. The van der Waals surface area contributed by atoms with Gasteiger partial charge in [-0.2, -0.15) is 0 Å².